The maximum atomic E-state index is 8.86. The highest BCUT2D eigenvalue weighted by Crippen LogP contribution is 2.16. The Balaban J connectivity index is 2.20. The number of halogens is 1. The van der Waals surface area contributed by atoms with Crippen LogP contribution >= 0.6 is 11.6 Å². The predicted molar refractivity (Wildman–Crippen MR) is 78.1 cm³/mol. The Morgan fingerprint density at radius 3 is 2.80 bits per heavy atom. The van der Waals surface area contributed by atoms with Gasteiger partial charge in [0.25, 0.3) is 0 Å². The lowest BCUT2D eigenvalue weighted by atomic mass is 10.2. The van der Waals surface area contributed by atoms with E-state index < -0.39 is 0 Å². The summed E-state index contributed by atoms with van der Waals surface area (Å²) >= 11 is 5.86. The van der Waals surface area contributed by atoms with Gasteiger partial charge in [-0.15, -0.1) is 0 Å². The second kappa shape index (κ2) is 6.68. The number of aromatic nitrogens is 3. The molecule has 6 nitrogen and oxygen atoms in total. The van der Waals surface area contributed by atoms with Gasteiger partial charge in [0.15, 0.2) is 0 Å². The molecule has 2 N–H and O–H groups in total. The van der Waals surface area contributed by atoms with Gasteiger partial charge in [0.05, 0.1) is 11.6 Å². The topological polar surface area (TPSA) is 86.5 Å². The number of anilines is 3. The number of rotatable bonds is 5. The van der Waals surface area contributed by atoms with Crippen molar-refractivity contribution in [3.05, 3.63) is 35.1 Å². The van der Waals surface area contributed by atoms with Crippen molar-refractivity contribution in [1.29, 1.82) is 5.26 Å². The zero-order chi connectivity index (χ0) is 14.4. The molecule has 0 saturated heterocycles. The number of benzene rings is 1. The molecule has 20 heavy (non-hydrogen) atoms. The van der Waals surface area contributed by atoms with E-state index in [9.17, 15) is 0 Å². The number of hydrogen-bond donors (Lipinski definition) is 2. The minimum atomic E-state index is 0.109. The third kappa shape index (κ3) is 3.80. The van der Waals surface area contributed by atoms with Gasteiger partial charge in [-0.2, -0.15) is 20.2 Å². The van der Waals surface area contributed by atoms with E-state index in [4.69, 9.17) is 16.9 Å². The number of hydrogen-bond acceptors (Lipinski definition) is 6. The fraction of sp³-hybridized carbons (Fsp3) is 0.231. The summed E-state index contributed by atoms with van der Waals surface area (Å²) in [5.74, 6) is 0.754. The maximum Gasteiger partial charge on any atom is 0.233 e. The molecule has 0 aliphatic heterocycles. The molecule has 0 bridgehead atoms. The molecule has 7 heteroatoms. The van der Waals surface area contributed by atoms with Gasteiger partial charge in [0.1, 0.15) is 0 Å². The molecule has 0 radical (unpaired) electrons. The average molecular weight is 289 g/mol. The number of nitrogens with one attached hydrogen (secondary N) is 2. The lowest BCUT2D eigenvalue weighted by Crippen LogP contribution is -2.07. The van der Waals surface area contributed by atoms with Gasteiger partial charge in [-0.25, -0.2) is 0 Å². The molecular weight excluding hydrogens is 276 g/mol. The van der Waals surface area contributed by atoms with Crippen LogP contribution in [0.1, 0.15) is 18.9 Å². The van der Waals surface area contributed by atoms with Crippen LogP contribution in [-0.4, -0.2) is 21.5 Å². The Bertz CT molecular complexity index is 637. The van der Waals surface area contributed by atoms with Crippen molar-refractivity contribution in [2.75, 3.05) is 17.2 Å². The first-order chi connectivity index (χ1) is 9.71. The van der Waals surface area contributed by atoms with Crippen LogP contribution < -0.4 is 10.6 Å². The van der Waals surface area contributed by atoms with Gasteiger partial charge < -0.3 is 10.6 Å². The van der Waals surface area contributed by atoms with Crippen molar-refractivity contribution >= 4 is 29.2 Å². The van der Waals surface area contributed by atoms with Gasteiger partial charge >= 0.3 is 0 Å². The van der Waals surface area contributed by atoms with Crippen LogP contribution in [0.4, 0.5) is 17.6 Å². The number of nitriles is 1. The van der Waals surface area contributed by atoms with E-state index in [1.807, 2.05) is 13.0 Å². The third-order valence-corrected chi connectivity index (χ3v) is 2.56. The van der Waals surface area contributed by atoms with Gasteiger partial charge in [0.2, 0.25) is 17.2 Å². The Morgan fingerprint density at radius 1 is 1.25 bits per heavy atom. The summed E-state index contributed by atoms with van der Waals surface area (Å²) in [6, 6.07) is 9.09. The molecule has 102 valence electrons. The highest BCUT2D eigenvalue weighted by Gasteiger charge is 2.05. The lowest BCUT2D eigenvalue weighted by molar-refractivity contribution is 0.940. The summed E-state index contributed by atoms with van der Waals surface area (Å²) in [6.45, 7) is 2.80. The van der Waals surface area contributed by atoms with Crippen molar-refractivity contribution < 1.29 is 0 Å². The molecule has 2 rings (SSSR count). The zero-order valence-corrected chi connectivity index (χ0v) is 11.6. The van der Waals surface area contributed by atoms with Crippen molar-refractivity contribution in [2.24, 2.45) is 0 Å². The van der Waals surface area contributed by atoms with Crippen LogP contribution in [0.2, 0.25) is 5.28 Å². The quantitative estimate of drug-likeness (QED) is 0.879. The summed E-state index contributed by atoms with van der Waals surface area (Å²) < 4.78 is 0. The van der Waals surface area contributed by atoms with Gasteiger partial charge in [-0.3, -0.25) is 0 Å². The fourth-order valence-corrected chi connectivity index (χ4v) is 1.68. The minimum Gasteiger partial charge on any atom is -0.354 e. The summed E-state index contributed by atoms with van der Waals surface area (Å²) in [7, 11) is 0. The van der Waals surface area contributed by atoms with E-state index in [1.165, 1.54) is 0 Å². The standard InChI is InChI=1S/C13H13ClN6/c1-2-6-16-12-18-11(14)19-13(20-12)17-10-5-3-4-9(7-10)8-15/h3-5,7H,2,6H2,1H3,(H2,16,17,18,19,20). The SMILES string of the molecule is CCCNc1nc(Cl)nc(Nc2cccc(C#N)c2)n1. The molecule has 1 aromatic heterocycles. The maximum absolute atomic E-state index is 8.86. The fourth-order valence-electron chi connectivity index (χ4n) is 1.52. The summed E-state index contributed by atoms with van der Waals surface area (Å²) in [5, 5.41) is 15.0. The lowest BCUT2D eigenvalue weighted by Gasteiger charge is -2.07. The van der Waals surface area contributed by atoms with Crippen LogP contribution in [-0.2, 0) is 0 Å². The Hall–Kier alpha value is -2.39. The molecule has 0 spiro atoms. The van der Waals surface area contributed by atoms with Crippen molar-refractivity contribution in [1.82, 2.24) is 15.0 Å². The van der Waals surface area contributed by atoms with Crippen LogP contribution in [0.5, 0.6) is 0 Å². The highest BCUT2D eigenvalue weighted by molar-refractivity contribution is 6.28. The molecule has 0 fully saturated rings. The molecule has 0 unspecified atom stereocenters. The second-order valence-corrected chi connectivity index (χ2v) is 4.33. The minimum absolute atomic E-state index is 0.109. The van der Waals surface area contributed by atoms with E-state index in [0.29, 0.717) is 23.1 Å². The van der Waals surface area contributed by atoms with E-state index >= 15 is 0 Å². The summed E-state index contributed by atoms with van der Waals surface area (Å²) in [5.41, 5.74) is 1.27. The van der Waals surface area contributed by atoms with E-state index in [0.717, 1.165) is 13.0 Å². The van der Waals surface area contributed by atoms with Crippen molar-refractivity contribution in [2.45, 2.75) is 13.3 Å². The van der Waals surface area contributed by atoms with Gasteiger partial charge in [-0.05, 0) is 36.2 Å². The molecule has 2 aromatic rings. The van der Waals surface area contributed by atoms with Crippen LogP contribution in [0, 0.1) is 11.3 Å². The predicted octanol–water partition coefficient (Wildman–Crippen LogP) is 2.96. The average Bonchev–Trinajstić information content (AvgIpc) is 2.44. The molecule has 1 heterocycles. The summed E-state index contributed by atoms with van der Waals surface area (Å²) in [6.07, 6.45) is 0.955. The Kier molecular flexibility index (Phi) is 4.69. The van der Waals surface area contributed by atoms with Crippen molar-refractivity contribution in [3.8, 4) is 6.07 Å². The summed E-state index contributed by atoms with van der Waals surface area (Å²) in [4.78, 5) is 12.2. The monoisotopic (exact) mass is 288 g/mol. The highest BCUT2D eigenvalue weighted by atomic mass is 35.5. The van der Waals surface area contributed by atoms with E-state index in [2.05, 4.69) is 31.7 Å². The van der Waals surface area contributed by atoms with Crippen LogP contribution in [0.15, 0.2) is 24.3 Å². The largest absolute Gasteiger partial charge is 0.354 e. The molecule has 0 saturated carbocycles. The van der Waals surface area contributed by atoms with E-state index in [1.54, 1.807) is 18.2 Å². The number of nitrogens with zero attached hydrogens (tertiary/aromatic N) is 4. The normalized spacial score (nSPS) is 9.85. The molecule has 1 aromatic carbocycles. The molecule has 0 aliphatic rings. The first kappa shape index (κ1) is 14.0. The zero-order valence-electron chi connectivity index (χ0n) is 10.9. The second-order valence-electron chi connectivity index (χ2n) is 4.00. The van der Waals surface area contributed by atoms with Crippen molar-refractivity contribution in [3.63, 3.8) is 0 Å². The smallest absolute Gasteiger partial charge is 0.233 e. The molecule has 0 atom stereocenters. The Morgan fingerprint density at radius 2 is 2.05 bits per heavy atom. The van der Waals surface area contributed by atoms with Crippen LogP contribution in [0.25, 0.3) is 0 Å². The molecular formula is C13H13ClN6. The van der Waals surface area contributed by atoms with Gasteiger partial charge in [0, 0.05) is 12.2 Å². The first-order valence-electron chi connectivity index (χ1n) is 6.14. The first-order valence-corrected chi connectivity index (χ1v) is 6.51. The van der Waals surface area contributed by atoms with Crippen LogP contribution in [0.3, 0.4) is 0 Å². The van der Waals surface area contributed by atoms with Gasteiger partial charge in [-0.1, -0.05) is 13.0 Å². The Labute approximate surface area is 121 Å². The van der Waals surface area contributed by atoms with E-state index in [-0.39, 0.29) is 5.28 Å². The molecule has 0 aliphatic carbocycles. The third-order valence-electron chi connectivity index (χ3n) is 2.39. The molecule has 0 amide bonds.